The van der Waals surface area contributed by atoms with Gasteiger partial charge in [-0.1, -0.05) is 12.1 Å². The number of benzene rings is 1. The van der Waals surface area contributed by atoms with Crippen LogP contribution in [0.25, 0.3) is 5.57 Å². The molecule has 1 aromatic carbocycles. The SMILES string of the molecule is O=Cc1ccc(C2=CCN(CC(F)(F)F)CC2)cc1OC1COC1. The largest absolute Gasteiger partial charge is 0.485 e. The molecule has 0 atom stereocenters. The minimum atomic E-state index is -4.18. The second-order valence-corrected chi connectivity index (χ2v) is 5.98. The molecule has 1 saturated heterocycles. The van der Waals surface area contributed by atoms with Gasteiger partial charge in [-0.3, -0.25) is 9.69 Å². The van der Waals surface area contributed by atoms with Crippen molar-refractivity contribution >= 4 is 11.9 Å². The van der Waals surface area contributed by atoms with Crippen LogP contribution in [0.1, 0.15) is 22.3 Å². The van der Waals surface area contributed by atoms with Gasteiger partial charge in [0.15, 0.2) is 6.29 Å². The molecule has 0 spiro atoms. The quantitative estimate of drug-likeness (QED) is 0.772. The Hall–Kier alpha value is -1.86. The molecular formula is C17H18F3NO3. The summed E-state index contributed by atoms with van der Waals surface area (Å²) < 4.78 is 48.1. The molecule has 3 rings (SSSR count). The Balaban J connectivity index is 1.72. The summed E-state index contributed by atoms with van der Waals surface area (Å²) in [5.74, 6) is 0.495. The molecule has 24 heavy (non-hydrogen) atoms. The molecule has 0 aliphatic carbocycles. The predicted molar refractivity (Wildman–Crippen MR) is 82.2 cm³/mol. The molecule has 1 aromatic rings. The van der Waals surface area contributed by atoms with Crippen LogP contribution in [0.5, 0.6) is 5.75 Å². The molecule has 0 N–H and O–H groups in total. The highest BCUT2D eigenvalue weighted by molar-refractivity contribution is 5.81. The zero-order valence-corrected chi connectivity index (χ0v) is 13.0. The van der Waals surface area contributed by atoms with E-state index >= 15 is 0 Å². The number of carbonyl (C=O) groups is 1. The molecule has 0 radical (unpaired) electrons. The van der Waals surface area contributed by atoms with Crippen LogP contribution in [0.3, 0.4) is 0 Å². The van der Waals surface area contributed by atoms with Crippen molar-refractivity contribution in [3.63, 3.8) is 0 Å². The Labute approximate surface area is 137 Å². The van der Waals surface area contributed by atoms with Crippen molar-refractivity contribution in [1.82, 2.24) is 4.90 Å². The third-order valence-corrected chi connectivity index (χ3v) is 4.11. The summed E-state index contributed by atoms with van der Waals surface area (Å²) in [5.41, 5.74) is 2.31. The fourth-order valence-corrected chi connectivity index (χ4v) is 2.77. The maximum atomic E-state index is 12.4. The van der Waals surface area contributed by atoms with Gasteiger partial charge >= 0.3 is 6.18 Å². The first kappa shape index (κ1) is 17.0. The molecule has 2 aliphatic rings. The van der Waals surface area contributed by atoms with E-state index in [1.807, 2.05) is 0 Å². The monoisotopic (exact) mass is 341 g/mol. The molecule has 0 amide bonds. The lowest BCUT2D eigenvalue weighted by Crippen LogP contribution is -2.38. The van der Waals surface area contributed by atoms with Gasteiger partial charge in [0.05, 0.1) is 25.3 Å². The van der Waals surface area contributed by atoms with Gasteiger partial charge in [0, 0.05) is 13.1 Å². The average molecular weight is 341 g/mol. The van der Waals surface area contributed by atoms with Crippen LogP contribution in [-0.4, -0.2) is 56.3 Å². The Kier molecular flexibility index (Phi) is 4.91. The summed E-state index contributed by atoms with van der Waals surface area (Å²) in [6, 6.07) is 5.27. The number of hydrogen-bond acceptors (Lipinski definition) is 4. The summed E-state index contributed by atoms with van der Waals surface area (Å²) in [7, 11) is 0. The normalized spacial score (nSPS) is 19.5. The lowest BCUT2D eigenvalue weighted by atomic mass is 9.98. The Morgan fingerprint density at radius 3 is 2.67 bits per heavy atom. The molecule has 0 saturated carbocycles. The van der Waals surface area contributed by atoms with E-state index in [0.717, 1.165) is 17.4 Å². The first-order valence-electron chi connectivity index (χ1n) is 7.77. The fourth-order valence-electron chi connectivity index (χ4n) is 2.77. The van der Waals surface area contributed by atoms with Gasteiger partial charge in [-0.05, 0) is 29.7 Å². The van der Waals surface area contributed by atoms with Gasteiger partial charge in [0.1, 0.15) is 11.9 Å². The van der Waals surface area contributed by atoms with Crippen LogP contribution in [0.15, 0.2) is 24.3 Å². The minimum Gasteiger partial charge on any atom is -0.485 e. The number of hydrogen-bond donors (Lipinski definition) is 0. The Morgan fingerprint density at radius 2 is 2.12 bits per heavy atom. The highest BCUT2D eigenvalue weighted by Crippen LogP contribution is 2.29. The molecule has 130 valence electrons. The van der Waals surface area contributed by atoms with E-state index in [4.69, 9.17) is 9.47 Å². The topological polar surface area (TPSA) is 38.8 Å². The standard InChI is InChI=1S/C17H18F3NO3/c18-17(19,20)11-21-5-3-12(4-6-21)13-1-2-14(8-22)16(7-13)24-15-9-23-10-15/h1-3,7-8,15H,4-6,9-11H2. The molecule has 0 bridgehead atoms. The zero-order valence-electron chi connectivity index (χ0n) is 13.0. The van der Waals surface area contributed by atoms with Gasteiger partial charge < -0.3 is 9.47 Å². The number of halogens is 3. The summed E-state index contributed by atoms with van der Waals surface area (Å²) >= 11 is 0. The number of ether oxygens (including phenoxy) is 2. The van der Waals surface area contributed by atoms with Crippen LogP contribution in [0.2, 0.25) is 0 Å². The number of aldehydes is 1. The molecule has 4 nitrogen and oxygen atoms in total. The highest BCUT2D eigenvalue weighted by Gasteiger charge is 2.31. The van der Waals surface area contributed by atoms with Crippen LogP contribution in [-0.2, 0) is 4.74 Å². The molecule has 2 heterocycles. The van der Waals surface area contributed by atoms with E-state index in [1.54, 1.807) is 24.3 Å². The van der Waals surface area contributed by atoms with Crippen molar-refractivity contribution in [3.05, 3.63) is 35.4 Å². The van der Waals surface area contributed by atoms with Gasteiger partial charge in [0.25, 0.3) is 0 Å². The molecule has 0 aromatic heterocycles. The molecular weight excluding hydrogens is 323 g/mol. The van der Waals surface area contributed by atoms with Crippen LogP contribution in [0.4, 0.5) is 13.2 Å². The summed E-state index contributed by atoms with van der Waals surface area (Å²) in [6.45, 7) is 0.719. The Morgan fingerprint density at radius 1 is 1.33 bits per heavy atom. The summed E-state index contributed by atoms with van der Waals surface area (Å²) in [4.78, 5) is 12.5. The molecule has 2 aliphatic heterocycles. The van der Waals surface area contributed by atoms with Crippen molar-refractivity contribution in [2.75, 3.05) is 32.8 Å². The summed E-state index contributed by atoms with van der Waals surface area (Å²) in [5, 5.41) is 0. The zero-order chi connectivity index (χ0) is 17.2. The van der Waals surface area contributed by atoms with Crippen molar-refractivity contribution < 1.29 is 27.4 Å². The summed E-state index contributed by atoms with van der Waals surface area (Å²) in [6.07, 6.45) is -1.16. The second kappa shape index (κ2) is 6.94. The number of carbonyl (C=O) groups excluding carboxylic acids is 1. The van der Waals surface area contributed by atoms with Crippen molar-refractivity contribution in [2.45, 2.75) is 18.7 Å². The number of rotatable bonds is 5. The van der Waals surface area contributed by atoms with Gasteiger partial charge in [-0.2, -0.15) is 13.2 Å². The van der Waals surface area contributed by atoms with Crippen LogP contribution in [0, 0.1) is 0 Å². The van der Waals surface area contributed by atoms with E-state index in [1.165, 1.54) is 4.90 Å². The lowest BCUT2D eigenvalue weighted by Gasteiger charge is -2.29. The molecule has 7 heteroatoms. The first-order valence-corrected chi connectivity index (χ1v) is 7.77. The maximum absolute atomic E-state index is 12.4. The smallest absolute Gasteiger partial charge is 0.401 e. The van der Waals surface area contributed by atoms with E-state index in [2.05, 4.69) is 0 Å². The second-order valence-electron chi connectivity index (χ2n) is 5.98. The van der Waals surface area contributed by atoms with Crippen LogP contribution < -0.4 is 4.74 Å². The van der Waals surface area contributed by atoms with Crippen molar-refractivity contribution in [3.8, 4) is 5.75 Å². The third kappa shape index (κ3) is 4.15. The van der Waals surface area contributed by atoms with Crippen molar-refractivity contribution in [1.29, 1.82) is 0 Å². The molecule has 0 unspecified atom stereocenters. The molecule has 1 fully saturated rings. The van der Waals surface area contributed by atoms with E-state index in [9.17, 15) is 18.0 Å². The predicted octanol–water partition coefficient (Wildman–Crippen LogP) is 2.93. The minimum absolute atomic E-state index is 0.0541. The third-order valence-electron chi connectivity index (χ3n) is 4.11. The van der Waals surface area contributed by atoms with Gasteiger partial charge in [-0.25, -0.2) is 0 Å². The lowest BCUT2D eigenvalue weighted by molar-refractivity contribution is -0.144. The van der Waals surface area contributed by atoms with Gasteiger partial charge in [0.2, 0.25) is 0 Å². The maximum Gasteiger partial charge on any atom is 0.401 e. The highest BCUT2D eigenvalue weighted by atomic mass is 19.4. The van der Waals surface area contributed by atoms with Crippen molar-refractivity contribution in [2.24, 2.45) is 0 Å². The van der Waals surface area contributed by atoms with Crippen LogP contribution >= 0.6 is 0 Å². The van der Waals surface area contributed by atoms with Gasteiger partial charge in [-0.15, -0.1) is 0 Å². The average Bonchev–Trinajstić information content (AvgIpc) is 2.50. The van der Waals surface area contributed by atoms with E-state index in [-0.39, 0.29) is 12.6 Å². The van der Waals surface area contributed by atoms with E-state index in [0.29, 0.717) is 37.5 Å². The van der Waals surface area contributed by atoms with E-state index < -0.39 is 12.7 Å². The number of alkyl halides is 3. The first-order chi connectivity index (χ1) is 11.4. The Bertz CT molecular complexity index is 638. The number of nitrogens with zero attached hydrogens (tertiary/aromatic N) is 1. The fraction of sp³-hybridized carbons (Fsp3) is 0.471.